The van der Waals surface area contributed by atoms with Gasteiger partial charge in [-0.05, 0) is 27.7 Å². The Morgan fingerprint density at radius 1 is 0.950 bits per heavy atom. The molecular formula is C25H39NO14. The van der Waals surface area contributed by atoms with Crippen LogP contribution in [0.1, 0.15) is 55.4 Å². The average molecular weight is 578 g/mol. The maximum absolute atomic E-state index is 12.3. The van der Waals surface area contributed by atoms with E-state index >= 15 is 0 Å². The van der Waals surface area contributed by atoms with E-state index < -0.39 is 97.6 Å². The van der Waals surface area contributed by atoms with E-state index in [1.165, 1.54) is 6.92 Å². The average Bonchev–Trinajstić information content (AvgIpc) is 2.77. The maximum atomic E-state index is 12.3. The maximum Gasteiger partial charge on any atom is 0.320 e. The predicted molar refractivity (Wildman–Crippen MR) is 132 cm³/mol. The normalized spacial score (nSPS) is 23.9. The molecule has 40 heavy (non-hydrogen) atoms. The van der Waals surface area contributed by atoms with Crippen LogP contribution in [0.25, 0.3) is 0 Å². The van der Waals surface area contributed by atoms with E-state index in [0.717, 1.165) is 27.7 Å². The quantitative estimate of drug-likeness (QED) is 0.159. The smallest absolute Gasteiger partial charge is 0.320 e. The molecule has 0 amide bonds. The van der Waals surface area contributed by atoms with Gasteiger partial charge in [0.2, 0.25) is 0 Å². The summed E-state index contributed by atoms with van der Waals surface area (Å²) in [6, 6.07) is -1.26. The fourth-order valence-corrected chi connectivity index (χ4v) is 3.85. The topological polar surface area (TPSA) is 199 Å². The summed E-state index contributed by atoms with van der Waals surface area (Å²) in [6.07, 6.45) is -9.99. The number of aliphatic hydroxyl groups is 1. The summed E-state index contributed by atoms with van der Waals surface area (Å²) in [5.74, 6) is -3.95. The van der Waals surface area contributed by atoms with Crippen molar-refractivity contribution in [2.75, 3.05) is 13.2 Å². The highest BCUT2D eigenvalue weighted by atomic mass is 16.7. The number of aliphatic hydroxyl groups excluding tert-OH is 1. The minimum absolute atomic E-state index is 0.242. The van der Waals surface area contributed by atoms with Gasteiger partial charge < -0.3 is 38.3 Å². The van der Waals surface area contributed by atoms with E-state index in [4.69, 9.17) is 33.2 Å². The third-order valence-electron chi connectivity index (χ3n) is 5.13. The molecule has 1 aliphatic rings. The fourth-order valence-electron chi connectivity index (χ4n) is 3.85. The minimum atomic E-state index is -1.65. The van der Waals surface area contributed by atoms with Crippen molar-refractivity contribution in [1.82, 2.24) is 5.32 Å². The molecule has 0 radical (unpaired) electrons. The Morgan fingerprint density at radius 2 is 1.50 bits per heavy atom. The third kappa shape index (κ3) is 11.9. The summed E-state index contributed by atoms with van der Waals surface area (Å²) >= 11 is 0. The van der Waals surface area contributed by atoms with E-state index in [1.54, 1.807) is 20.8 Å². The van der Waals surface area contributed by atoms with Gasteiger partial charge in [-0.1, -0.05) is 0 Å². The number of carbonyl (C=O) groups excluding carboxylic acids is 6. The van der Waals surface area contributed by atoms with E-state index in [0.29, 0.717) is 0 Å². The molecule has 15 heteroatoms. The lowest BCUT2D eigenvalue weighted by atomic mass is 9.99. The molecule has 0 spiro atoms. The molecule has 0 bridgehead atoms. The molecule has 0 saturated carbocycles. The molecule has 0 aromatic heterocycles. The molecule has 1 aliphatic heterocycles. The van der Waals surface area contributed by atoms with Crippen molar-refractivity contribution in [2.45, 2.75) is 110 Å². The summed E-state index contributed by atoms with van der Waals surface area (Å²) in [5, 5.41) is 13.3. The molecule has 1 unspecified atom stereocenters. The number of ether oxygens (including phenoxy) is 7. The van der Waals surface area contributed by atoms with Crippen LogP contribution in [0.2, 0.25) is 0 Å². The predicted octanol–water partition coefficient (Wildman–Crippen LogP) is -0.666. The number of rotatable bonds is 13. The van der Waals surface area contributed by atoms with Gasteiger partial charge in [-0.25, -0.2) is 0 Å². The Balaban J connectivity index is 3.45. The number of nitrogens with one attached hydrogen (secondary N) is 1. The van der Waals surface area contributed by atoms with Gasteiger partial charge in [0.05, 0.1) is 25.3 Å². The Morgan fingerprint density at radius 3 is 1.95 bits per heavy atom. The highest BCUT2D eigenvalue weighted by molar-refractivity contribution is 5.72. The Kier molecular flexibility index (Phi) is 13.6. The second-order valence-electron chi connectivity index (χ2n) is 10.0. The highest BCUT2D eigenvalue weighted by Gasteiger charge is 2.50. The van der Waals surface area contributed by atoms with Crippen LogP contribution in [0.3, 0.4) is 0 Å². The zero-order valence-corrected chi connectivity index (χ0v) is 23.9. The first-order valence-corrected chi connectivity index (χ1v) is 12.5. The molecule has 1 rings (SSSR count). The molecule has 1 heterocycles. The van der Waals surface area contributed by atoms with E-state index in [-0.39, 0.29) is 6.29 Å². The molecule has 1 fully saturated rings. The molecular weight excluding hydrogens is 538 g/mol. The second kappa shape index (κ2) is 15.6. The van der Waals surface area contributed by atoms with E-state index in [9.17, 15) is 33.9 Å². The van der Waals surface area contributed by atoms with Crippen LogP contribution in [0, 0.1) is 0 Å². The Hall–Kier alpha value is -3.14. The fraction of sp³-hybridized carbons (Fsp3) is 0.760. The lowest BCUT2D eigenvalue weighted by Crippen LogP contribution is -2.62. The van der Waals surface area contributed by atoms with Crippen molar-refractivity contribution >= 4 is 36.1 Å². The van der Waals surface area contributed by atoms with Crippen LogP contribution in [0.5, 0.6) is 0 Å². The SMILES string of the molecule is CC(=O)O[C@H]1[C@H](OC(C)=O)COC(O[C@@H]([C@@H](NCC(=O)OC(C)(C)C)[C@@H](C)O)[C@H](C=O)OC(C)=O)[C@@H]1OC(C)=O. The van der Waals surface area contributed by atoms with Crippen molar-refractivity contribution in [3.05, 3.63) is 0 Å². The molecule has 0 aliphatic carbocycles. The molecule has 8 atom stereocenters. The molecule has 0 aromatic carbocycles. The van der Waals surface area contributed by atoms with Gasteiger partial charge >= 0.3 is 29.8 Å². The van der Waals surface area contributed by atoms with Gasteiger partial charge in [0, 0.05) is 27.7 Å². The molecule has 0 aromatic rings. The van der Waals surface area contributed by atoms with Gasteiger partial charge in [-0.15, -0.1) is 0 Å². The van der Waals surface area contributed by atoms with Crippen LogP contribution >= 0.6 is 0 Å². The first-order chi connectivity index (χ1) is 18.4. The standard InChI is InChI=1S/C25H39NO14/c1-12(28)20(26-9-19(33)40-25(6,7)8)21(17(10-27)35-13(2)29)39-24-23(38-16(5)32)22(37-15(4)31)18(11-34-24)36-14(3)30/h10,12,17-18,20-24,26,28H,9,11H2,1-8H3/t12-,17+,18-,20+,21-,22+,23-,24?/m1/s1. The summed E-state index contributed by atoms with van der Waals surface area (Å²) in [4.78, 5) is 71.5. The number of hydrogen-bond donors (Lipinski definition) is 2. The van der Waals surface area contributed by atoms with Crippen LogP contribution in [0.15, 0.2) is 0 Å². The zero-order chi connectivity index (χ0) is 30.8. The monoisotopic (exact) mass is 577 g/mol. The first-order valence-electron chi connectivity index (χ1n) is 12.5. The Labute approximate surface area is 232 Å². The van der Waals surface area contributed by atoms with Gasteiger partial charge in [-0.2, -0.15) is 0 Å². The van der Waals surface area contributed by atoms with Gasteiger partial charge in [0.1, 0.15) is 11.7 Å². The zero-order valence-electron chi connectivity index (χ0n) is 23.9. The summed E-state index contributed by atoms with van der Waals surface area (Å²) in [7, 11) is 0. The van der Waals surface area contributed by atoms with Crippen LogP contribution in [-0.4, -0.2) is 109 Å². The van der Waals surface area contributed by atoms with Crippen molar-refractivity contribution in [2.24, 2.45) is 0 Å². The van der Waals surface area contributed by atoms with Crippen LogP contribution in [0.4, 0.5) is 0 Å². The van der Waals surface area contributed by atoms with Crippen LogP contribution in [-0.2, 0) is 61.9 Å². The number of esters is 5. The van der Waals surface area contributed by atoms with E-state index in [2.05, 4.69) is 5.32 Å². The lowest BCUT2D eigenvalue weighted by Gasteiger charge is -2.43. The number of aldehydes is 1. The number of hydrogen-bond acceptors (Lipinski definition) is 15. The third-order valence-corrected chi connectivity index (χ3v) is 5.13. The van der Waals surface area contributed by atoms with Crippen molar-refractivity contribution in [1.29, 1.82) is 0 Å². The number of carbonyl (C=O) groups is 6. The molecule has 1 saturated heterocycles. The van der Waals surface area contributed by atoms with Gasteiger partial charge in [-0.3, -0.25) is 34.1 Å². The molecule has 2 N–H and O–H groups in total. The molecule has 228 valence electrons. The second-order valence-corrected chi connectivity index (χ2v) is 10.0. The van der Waals surface area contributed by atoms with Gasteiger partial charge in [0.25, 0.3) is 0 Å². The lowest BCUT2D eigenvalue weighted by molar-refractivity contribution is -0.299. The largest absolute Gasteiger partial charge is 0.459 e. The Bertz CT molecular complexity index is 914. The summed E-state index contributed by atoms with van der Waals surface area (Å²) in [5.41, 5.74) is -0.810. The van der Waals surface area contributed by atoms with Crippen molar-refractivity contribution in [3.8, 4) is 0 Å². The summed E-state index contributed by atoms with van der Waals surface area (Å²) < 4.78 is 37.7. The highest BCUT2D eigenvalue weighted by Crippen LogP contribution is 2.28. The summed E-state index contributed by atoms with van der Waals surface area (Å²) in [6.45, 7) is 9.75. The van der Waals surface area contributed by atoms with E-state index in [1.807, 2.05) is 0 Å². The van der Waals surface area contributed by atoms with Crippen molar-refractivity contribution < 1.29 is 67.0 Å². The van der Waals surface area contributed by atoms with Crippen molar-refractivity contribution in [3.63, 3.8) is 0 Å². The van der Waals surface area contributed by atoms with Gasteiger partial charge in [0.15, 0.2) is 37.0 Å². The first kappa shape index (κ1) is 34.9. The van der Waals surface area contributed by atoms with Crippen LogP contribution < -0.4 is 5.32 Å². The molecule has 15 nitrogen and oxygen atoms in total. The minimum Gasteiger partial charge on any atom is -0.459 e.